The van der Waals surface area contributed by atoms with E-state index in [0.717, 1.165) is 0 Å². The topological polar surface area (TPSA) is 191 Å². The summed E-state index contributed by atoms with van der Waals surface area (Å²) in [6, 6.07) is -3.89. The number of Topliss-reactive ketones (excluding diaryl/α,β-unsaturated/α-hetero) is 1. The Balaban J connectivity index is 3.02. The van der Waals surface area contributed by atoms with E-state index in [0.29, 0.717) is 19.3 Å². The summed E-state index contributed by atoms with van der Waals surface area (Å²) in [6.07, 6.45) is 1.46. The van der Waals surface area contributed by atoms with Gasteiger partial charge in [-0.05, 0) is 31.1 Å². The fraction of sp³-hybridized carbons (Fsp3) is 0.720. The summed E-state index contributed by atoms with van der Waals surface area (Å²) in [4.78, 5) is 87.8. The molecule has 0 spiro atoms. The molecule has 1 aliphatic rings. The van der Waals surface area contributed by atoms with Crippen LogP contribution in [0.5, 0.6) is 0 Å². The van der Waals surface area contributed by atoms with Gasteiger partial charge in [-0.1, -0.05) is 41.0 Å². The first-order valence-electron chi connectivity index (χ1n) is 12.9. The number of hydrogen-bond acceptors (Lipinski definition) is 7. The van der Waals surface area contributed by atoms with Gasteiger partial charge in [-0.3, -0.25) is 33.6 Å². The summed E-state index contributed by atoms with van der Waals surface area (Å²) in [5.41, 5.74) is 0. The zero-order chi connectivity index (χ0) is 29.2. The lowest BCUT2D eigenvalue weighted by Gasteiger charge is -2.32. The minimum Gasteiger partial charge on any atom is -0.480 e. The maximum Gasteiger partial charge on any atom is 0.322 e. The molecular formula is C25H41N5O8. The number of carboxylic acid groups (broad SMARTS) is 1. The Hall–Kier alpha value is -3.51. The highest BCUT2D eigenvalue weighted by Gasteiger charge is 2.40. The monoisotopic (exact) mass is 539 g/mol. The second-order valence-electron chi connectivity index (χ2n) is 10.1. The van der Waals surface area contributed by atoms with E-state index in [-0.39, 0.29) is 30.7 Å². The molecule has 4 atom stereocenters. The van der Waals surface area contributed by atoms with Gasteiger partial charge in [0.05, 0.1) is 6.04 Å². The second kappa shape index (κ2) is 15.0. The molecule has 0 aliphatic carbocycles. The summed E-state index contributed by atoms with van der Waals surface area (Å²) in [7, 11) is 0. The van der Waals surface area contributed by atoms with Crippen molar-refractivity contribution in [2.24, 2.45) is 11.8 Å². The molecule has 0 saturated carbocycles. The van der Waals surface area contributed by atoms with Crippen molar-refractivity contribution >= 4 is 41.3 Å². The van der Waals surface area contributed by atoms with Crippen LogP contribution in [-0.2, 0) is 33.6 Å². The SMILES string of the molecule is CCCC(NC(=O)[C@@H]1CCCN1C(=O)[C@@H](NC(=O)[C@@H](NC(C)=O)C(C)C)C(C)C)C(=O)C(=O)NCC(=O)O. The van der Waals surface area contributed by atoms with Crippen molar-refractivity contribution in [3.8, 4) is 0 Å². The molecule has 0 radical (unpaired) electrons. The number of carbonyl (C=O) groups excluding carboxylic acids is 6. The van der Waals surface area contributed by atoms with Crippen molar-refractivity contribution in [2.75, 3.05) is 13.1 Å². The summed E-state index contributed by atoms with van der Waals surface area (Å²) in [5, 5.41) is 18.6. The van der Waals surface area contributed by atoms with E-state index in [1.807, 2.05) is 5.32 Å². The molecule has 0 aromatic carbocycles. The molecular weight excluding hydrogens is 498 g/mol. The van der Waals surface area contributed by atoms with Crippen LogP contribution in [0.15, 0.2) is 0 Å². The van der Waals surface area contributed by atoms with Crippen LogP contribution >= 0.6 is 0 Å². The number of rotatable bonds is 14. The van der Waals surface area contributed by atoms with Gasteiger partial charge in [-0.25, -0.2) is 0 Å². The summed E-state index contributed by atoms with van der Waals surface area (Å²) in [6.45, 7) is 9.63. The van der Waals surface area contributed by atoms with Crippen molar-refractivity contribution in [1.29, 1.82) is 0 Å². The average molecular weight is 540 g/mol. The first kappa shape index (κ1) is 32.5. The highest BCUT2D eigenvalue weighted by molar-refractivity contribution is 6.38. The highest BCUT2D eigenvalue weighted by Crippen LogP contribution is 2.21. The minimum atomic E-state index is -1.31. The van der Waals surface area contributed by atoms with Crippen LogP contribution in [0.2, 0.25) is 0 Å². The molecule has 214 valence electrons. The Bertz CT molecular complexity index is 919. The third-order valence-corrected chi connectivity index (χ3v) is 6.21. The van der Waals surface area contributed by atoms with E-state index in [1.165, 1.54) is 11.8 Å². The maximum absolute atomic E-state index is 13.5. The number of carboxylic acids is 1. The summed E-state index contributed by atoms with van der Waals surface area (Å²) < 4.78 is 0. The van der Waals surface area contributed by atoms with Crippen LogP contribution in [0.1, 0.15) is 67.2 Å². The van der Waals surface area contributed by atoms with E-state index in [1.54, 1.807) is 34.6 Å². The number of carbonyl (C=O) groups is 7. The fourth-order valence-electron chi connectivity index (χ4n) is 4.22. The molecule has 1 unspecified atom stereocenters. The largest absolute Gasteiger partial charge is 0.480 e. The fourth-order valence-corrected chi connectivity index (χ4v) is 4.22. The molecule has 0 aromatic rings. The van der Waals surface area contributed by atoms with Crippen molar-refractivity contribution in [3.63, 3.8) is 0 Å². The summed E-state index contributed by atoms with van der Waals surface area (Å²) in [5.74, 6) is -5.92. The van der Waals surface area contributed by atoms with Gasteiger partial charge in [-0.15, -0.1) is 0 Å². The average Bonchev–Trinajstić information content (AvgIpc) is 3.32. The van der Waals surface area contributed by atoms with Crippen molar-refractivity contribution < 1.29 is 38.7 Å². The lowest BCUT2D eigenvalue weighted by Crippen LogP contribution is -2.59. The highest BCUT2D eigenvalue weighted by atomic mass is 16.4. The number of likely N-dealkylation sites (tertiary alicyclic amines) is 1. The Morgan fingerprint density at radius 1 is 0.921 bits per heavy atom. The van der Waals surface area contributed by atoms with E-state index < -0.39 is 66.1 Å². The zero-order valence-electron chi connectivity index (χ0n) is 23.0. The molecule has 1 saturated heterocycles. The molecule has 0 aromatic heterocycles. The number of nitrogens with one attached hydrogen (secondary N) is 4. The number of aliphatic carboxylic acids is 1. The van der Waals surface area contributed by atoms with Gasteiger partial charge >= 0.3 is 5.97 Å². The summed E-state index contributed by atoms with van der Waals surface area (Å²) >= 11 is 0. The Morgan fingerprint density at radius 3 is 2.03 bits per heavy atom. The van der Waals surface area contributed by atoms with Crippen LogP contribution in [0.25, 0.3) is 0 Å². The van der Waals surface area contributed by atoms with Gasteiger partial charge in [-0.2, -0.15) is 0 Å². The minimum absolute atomic E-state index is 0.149. The number of ketones is 1. The lowest BCUT2D eigenvalue weighted by atomic mass is 9.99. The van der Waals surface area contributed by atoms with Crippen LogP contribution < -0.4 is 21.3 Å². The lowest BCUT2D eigenvalue weighted by molar-refractivity contribution is -0.145. The molecule has 13 nitrogen and oxygen atoms in total. The Labute approximate surface area is 222 Å². The van der Waals surface area contributed by atoms with Gasteiger partial charge in [0, 0.05) is 13.5 Å². The molecule has 38 heavy (non-hydrogen) atoms. The molecule has 0 bridgehead atoms. The normalized spacial score (nSPS) is 17.4. The van der Waals surface area contributed by atoms with E-state index in [9.17, 15) is 33.6 Å². The molecule has 1 rings (SSSR count). The smallest absolute Gasteiger partial charge is 0.322 e. The Morgan fingerprint density at radius 2 is 1.53 bits per heavy atom. The van der Waals surface area contributed by atoms with Crippen LogP contribution in [0, 0.1) is 11.8 Å². The second-order valence-corrected chi connectivity index (χ2v) is 10.1. The van der Waals surface area contributed by atoms with Gasteiger partial charge in [0.2, 0.25) is 29.4 Å². The zero-order valence-corrected chi connectivity index (χ0v) is 23.0. The number of amides is 5. The predicted octanol–water partition coefficient (Wildman–Crippen LogP) is -0.666. The molecule has 1 fully saturated rings. The third-order valence-electron chi connectivity index (χ3n) is 6.21. The molecule has 5 N–H and O–H groups in total. The maximum atomic E-state index is 13.5. The van der Waals surface area contributed by atoms with Crippen LogP contribution in [0.3, 0.4) is 0 Å². The predicted molar refractivity (Wildman–Crippen MR) is 136 cm³/mol. The number of hydrogen-bond donors (Lipinski definition) is 5. The standard InChI is InChI=1S/C25H41N5O8/c1-7-9-16(21(34)24(37)26-12-18(32)33)28-22(35)17-10-8-11-30(17)25(38)20(14(4)5)29-23(36)19(13(2)3)27-15(6)31/h13-14,16-17,19-20H,7-12H2,1-6H3,(H,26,37)(H,27,31)(H,28,35)(H,29,36)(H,32,33)/t16?,17-,19-,20-/m0/s1. The molecule has 13 heteroatoms. The van der Waals surface area contributed by atoms with E-state index in [2.05, 4.69) is 16.0 Å². The van der Waals surface area contributed by atoms with Crippen LogP contribution in [-0.4, -0.2) is 88.6 Å². The van der Waals surface area contributed by atoms with Gasteiger partial charge in [0.1, 0.15) is 24.7 Å². The van der Waals surface area contributed by atoms with Gasteiger partial charge in [0.25, 0.3) is 5.91 Å². The van der Waals surface area contributed by atoms with E-state index in [4.69, 9.17) is 5.11 Å². The molecule has 1 heterocycles. The third kappa shape index (κ3) is 9.42. The van der Waals surface area contributed by atoms with Crippen molar-refractivity contribution in [2.45, 2.75) is 91.4 Å². The van der Waals surface area contributed by atoms with Crippen LogP contribution in [0.4, 0.5) is 0 Å². The van der Waals surface area contributed by atoms with Gasteiger partial charge < -0.3 is 31.3 Å². The molecule has 1 aliphatic heterocycles. The van der Waals surface area contributed by atoms with Crippen molar-refractivity contribution in [3.05, 3.63) is 0 Å². The number of nitrogens with zero attached hydrogens (tertiary/aromatic N) is 1. The molecule has 5 amide bonds. The quantitative estimate of drug-likeness (QED) is 0.180. The van der Waals surface area contributed by atoms with Gasteiger partial charge in [0.15, 0.2) is 0 Å². The first-order chi connectivity index (χ1) is 17.7. The van der Waals surface area contributed by atoms with Crippen molar-refractivity contribution in [1.82, 2.24) is 26.2 Å². The first-order valence-corrected chi connectivity index (χ1v) is 12.9. The Kier molecular flexibility index (Phi) is 12.9. The van der Waals surface area contributed by atoms with E-state index >= 15 is 0 Å².